The van der Waals surface area contributed by atoms with E-state index in [2.05, 4.69) is 10.6 Å². The number of hydrogen-bond donors (Lipinski definition) is 2. The second kappa shape index (κ2) is 18.0. The molecule has 0 heterocycles. The van der Waals surface area contributed by atoms with E-state index in [9.17, 15) is 0 Å². The highest BCUT2D eigenvalue weighted by Gasteiger charge is 1.84. The van der Waals surface area contributed by atoms with Crippen LogP contribution in [0.3, 0.4) is 0 Å². The van der Waals surface area contributed by atoms with Gasteiger partial charge in [-0.15, -0.1) is 48.0 Å². The van der Waals surface area contributed by atoms with E-state index in [-0.39, 0.29) is 24.8 Å². The van der Waals surface area contributed by atoms with E-state index < -0.39 is 0 Å². The molecule has 0 atom stereocenters. The first-order valence-corrected chi connectivity index (χ1v) is 4.52. The van der Waals surface area contributed by atoms with Gasteiger partial charge in [-0.3, -0.25) is 0 Å². The molecule has 12 heavy (non-hydrogen) atoms. The molecule has 0 aromatic carbocycles. The third-order valence-electron chi connectivity index (χ3n) is 1.02. The molecule has 0 aliphatic carbocycles. The summed E-state index contributed by atoms with van der Waals surface area (Å²) in [4.78, 5) is 0. The summed E-state index contributed by atoms with van der Waals surface area (Å²) in [5, 5.41) is 6.31. The van der Waals surface area contributed by atoms with Crippen molar-refractivity contribution in [2.75, 3.05) is 37.9 Å². The molecule has 2 nitrogen and oxygen atoms in total. The van der Waals surface area contributed by atoms with Crippen LogP contribution in [0.1, 0.15) is 0 Å². The van der Waals surface area contributed by atoms with Gasteiger partial charge in [-0.1, -0.05) is 0 Å². The number of halogens is 4. The van der Waals surface area contributed by atoms with Crippen LogP contribution in [-0.4, -0.2) is 37.9 Å². The highest BCUT2D eigenvalue weighted by molar-refractivity contribution is 6.18. The van der Waals surface area contributed by atoms with Gasteiger partial charge in [-0.2, -0.15) is 0 Å². The van der Waals surface area contributed by atoms with Gasteiger partial charge in [0.1, 0.15) is 0 Å². The molecule has 0 saturated heterocycles. The van der Waals surface area contributed by atoms with Gasteiger partial charge in [0.15, 0.2) is 0 Å². The summed E-state index contributed by atoms with van der Waals surface area (Å²) in [5.41, 5.74) is 0. The summed E-state index contributed by atoms with van der Waals surface area (Å²) < 4.78 is 0. The Morgan fingerprint density at radius 1 is 0.667 bits per heavy atom. The fourth-order valence-corrected chi connectivity index (χ4v) is 0.828. The molecule has 6 heteroatoms. The molecule has 0 saturated carbocycles. The van der Waals surface area contributed by atoms with E-state index >= 15 is 0 Å². The molecule has 0 aliphatic rings. The Balaban J connectivity index is -0.000000405. The summed E-state index contributed by atoms with van der Waals surface area (Å²) in [5.74, 6) is 1.35. The van der Waals surface area contributed by atoms with Gasteiger partial charge in [-0.05, 0) is 0 Å². The zero-order valence-electron chi connectivity index (χ0n) is 6.82. The largest absolute Gasteiger partial charge is 0.314 e. The second-order valence-electron chi connectivity index (χ2n) is 1.88. The van der Waals surface area contributed by atoms with E-state index in [1.807, 2.05) is 0 Å². The van der Waals surface area contributed by atoms with Crippen LogP contribution in [0.25, 0.3) is 0 Å². The highest BCUT2D eigenvalue weighted by atomic mass is 35.5. The Hall–Kier alpha value is 1.08. The molecule has 0 fully saturated rings. The van der Waals surface area contributed by atoms with E-state index in [0.717, 1.165) is 26.2 Å². The minimum Gasteiger partial charge on any atom is -0.314 e. The van der Waals surface area contributed by atoms with Crippen LogP contribution < -0.4 is 10.6 Å². The normalized spacial score (nSPS) is 8.50. The first-order valence-electron chi connectivity index (χ1n) is 3.45. The Labute approximate surface area is 96.6 Å². The number of rotatable bonds is 7. The fourth-order valence-electron chi connectivity index (χ4n) is 0.560. The van der Waals surface area contributed by atoms with Gasteiger partial charge in [-0.25, -0.2) is 0 Å². The first kappa shape index (κ1) is 18.8. The monoisotopic (exact) mass is 256 g/mol. The maximum absolute atomic E-state index is 5.44. The molecule has 0 rings (SSSR count). The van der Waals surface area contributed by atoms with Crippen LogP contribution in [0, 0.1) is 0 Å². The zero-order chi connectivity index (χ0) is 7.66. The molecule has 2 N–H and O–H groups in total. The topological polar surface area (TPSA) is 24.1 Å². The molecule has 78 valence electrons. The van der Waals surface area contributed by atoms with Crippen LogP contribution in [-0.2, 0) is 0 Å². The molecule has 0 aromatic heterocycles. The predicted molar refractivity (Wildman–Crippen MR) is 61.7 cm³/mol. The van der Waals surface area contributed by atoms with E-state index in [1.54, 1.807) is 0 Å². The summed E-state index contributed by atoms with van der Waals surface area (Å²) in [7, 11) is 0. The number of alkyl halides is 2. The van der Waals surface area contributed by atoms with Crippen LogP contribution in [0.5, 0.6) is 0 Å². The maximum atomic E-state index is 5.44. The molecule has 0 bridgehead atoms. The van der Waals surface area contributed by atoms with Crippen LogP contribution >= 0.6 is 48.0 Å². The lowest BCUT2D eigenvalue weighted by Gasteiger charge is -2.02. The number of nitrogens with one attached hydrogen (secondary N) is 2. The number of hydrogen-bond acceptors (Lipinski definition) is 2. The van der Waals surface area contributed by atoms with Crippen molar-refractivity contribution in [3.8, 4) is 0 Å². The average molecular weight is 258 g/mol. The van der Waals surface area contributed by atoms with E-state index in [0.29, 0.717) is 11.8 Å². The van der Waals surface area contributed by atoms with Crippen molar-refractivity contribution in [3.63, 3.8) is 0 Å². The Kier molecular flexibility index (Phi) is 28.2. The third-order valence-corrected chi connectivity index (χ3v) is 1.40. The third kappa shape index (κ3) is 17.2. The minimum absolute atomic E-state index is 0. The van der Waals surface area contributed by atoms with Crippen LogP contribution in [0.2, 0.25) is 0 Å². The van der Waals surface area contributed by atoms with Crippen molar-refractivity contribution in [2.45, 2.75) is 0 Å². The van der Waals surface area contributed by atoms with E-state index in [1.165, 1.54) is 0 Å². The Morgan fingerprint density at radius 3 is 1.25 bits per heavy atom. The lowest BCUT2D eigenvalue weighted by molar-refractivity contribution is 0.644. The SMILES string of the molecule is Cl.Cl.ClCCNCCNCCCl. The molecule has 0 spiro atoms. The first-order chi connectivity index (χ1) is 4.91. The van der Waals surface area contributed by atoms with Crippen LogP contribution in [0.4, 0.5) is 0 Å². The average Bonchev–Trinajstić information content (AvgIpc) is 1.97. The molecule has 0 unspecified atom stereocenters. The Bertz CT molecular complexity index is 57.5. The van der Waals surface area contributed by atoms with Gasteiger partial charge < -0.3 is 10.6 Å². The second-order valence-corrected chi connectivity index (χ2v) is 2.63. The van der Waals surface area contributed by atoms with Crippen LogP contribution in [0.15, 0.2) is 0 Å². The lowest BCUT2D eigenvalue weighted by atomic mass is 10.5. The van der Waals surface area contributed by atoms with Crippen molar-refractivity contribution in [1.82, 2.24) is 10.6 Å². The smallest absolute Gasteiger partial charge is 0.0348 e. The van der Waals surface area contributed by atoms with Gasteiger partial charge in [0.25, 0.3) is 0 Å². The summed E-state index contributed by atoms with van der Waals surface area (Å²) >= 11 is 10.9. The quantitative estimate of drug-likeness (QED) is 0.534. The van der Waals surface area contributed by atoms with Crippen molar-refractivity contribution >= 4 is 48.0 Å². The maximum Gasteiger partial charge on any atom is 0.0348 e. The predicted octanol–water partition coefficient (Wildman–Crippen LogP) is 1.49. The van der Waals surface area contributed by atoms with E-state index in [4.69, 9.17) is 23.2 Å². The summed E-state index contributed by atoms with van der Waals surface area (Å²) in [6, 6.07) is 0. The molecule has 0 amide bonds. The highest BCUT2D eigenvalue weighted by Crippen LogP contribution is 1.70. The molecule has 0 aliphatic heterocycles. The van der Waals surface area contributed by atoms with Crippen molar-refractivity contribution in [3.05, 3.63) is 0 Å². The molecular formula is C6H16Cl4N2. The van der Waals surface area contributed by atoms with Crippen molar-refractivity contribution < 1.29 is 0 Å². The van der Waals surface area contributed by atoms with Crippen molar-refractivity contribution in [1.29, 1.82) is 0 Å². The minimum atomic E-state index is 0. The Morgan fingerprint density at radius 2 is 1.00 bits per heavy atom. The fraction of sp³-hybridized carbons (Fsp3) is 1.00. The standard InChI is InChI=1S/C6H14Cl2N2.2ClH/c7-1-3-9-5-6-10-4-2-8;;/h9-10H,1-6H2;2*1H. The summed E-state index contributed by atoms with van der Waals surface area (Å²) in [6.07, 6.45) is 0. The van der Waals surface area contributed by atoms with Gasteiger partial charge in [0, 0.05) is 37.9 Å². The lowest BCUT2D eigenvalue weighted by Crippen LogP contribution is -2.29. The molecule has 0 radical (unpaired) electrons. The van der Waals surface area contributed by atoms with Gasteiger partial charge >= 0.3 is 0 Å². The zero-order valence-corrected chi connectivity index (χ0v) is 9.96. The van der Waals surface area contributed by atoms with Crippen molar-refractivity contribution in [2.24, 2.45) is 0 Å². The van der Waals surface area contributed by atoms with Gasteiger partial charge in [0.05, 0.1) is 0 Å². The summed E-state index contributed by atoms with van der Waals surface area (Å²) in [6.45, 7) is 3.68. The molecule has 0 aromatic rings. The molecular weight excluding hydrogens is 242 g/mol. The van der Waals surface area contributed by atoms with Gasteiger partial charge in [0.2, 0.25) is 0 Å².